The van der Waals surface area contributed by atoms with Crippen LogP contribution in [0.1, 0.15) is 5.69 Å². The van der Waals surface area contributed by atoms with E-state index >= 15 is 0 Å². The first-order chi connectivity index (χ1) is 8.81. The first kappa shape index (κ1) is 12.4. The zero-order valence-electron chi connectivity index (χ0n) is 10.4. The molecule has 0 bridgehead atoms. The third kappa shape index (κ3) is 2.99. The molecule has 0 saturated heterocycles. The monoisotopic (exact) mass is 240 g/mol. The Morgan fingerprint density at radius 3 is 3.06 bits per heavy atom. The molecule has 3 heteroatoms. The molecule has 0 amide bonds. The fourth-order valence-corrected chi connectivity index (χ4v) is 1.73. The van der Waals surface area contributed by atoms with E-state index in [-0.39, 0.29) is 0 Å². The summed E-state index contributed by atoms with van der Waals surface area (Å²) in [7, 11) is 0. The fraction of sp³-hybridized carbons (Fsp3) is 0.267. The van der Waals surface area contributed by atoms with Crippen LogP contribution in [0.5, 0.6) is 5.75 Å². The standard InChI is InChI=1S/C15H16N2O/c1-3-9-16-10-11-18-14-6-4-5-13-8-7-12(2)17-15(13)14/h1,4-8,16H,9-11H2,2H3. The lowest BCUT2D eigenvalue weighted by Crippen LogP contribution is -2.21. The first-order valence-corrected chi connectivity index (χ1v) is 5.94. The van der Waals surface area contributed by atoms with Crippen LogP contribution >= 0.6 is 0 Å². The number of aromatic nitrogens is 1. The lowest BCUT2D eigenvalue weighted by molar-refractivity contribution is 0.320. The normalized spacial score (nSPS) is 10.2. The van der Waals surface area contributed by atoms with Crippen molar-refractivity contribution in [3.05, 3.63) is 36.0 Å². The molecular weight excluding hydrogens is 224 g/mol. The molecule has 2 aromatic rings. The molecule has 1 aromatic heterocycles. The maximum absolute atomic E-state index is 5.73. The van der Waals surface area contributed by atoms with E-state index in [1.165, 1.54) is 0 Å². The minimum Gasteiger partial charge on any atom is -0.490 e. The van der Waals surface area contributed by atoms with Gasteiger partial charge in [0.25, 0.3) is 0 Å². The van der Waals surface area contributed by atoms with E-state index in [1.807, 2.05) is 31.2 Å². The predicted octanol–water partition coefficient (Wildman–Crippen LogP) is 2.14. The third-order valence-electron chi connectivity index (χ3n) is 2.59. The summed E-state index contributed by atoms with van der Waals surface area (Å²) in [5, 5.41) is 4.18. The number of hydrogen-bond acceptors (Lipinski definition) is 3. The van der Waals surface area contributed by atoms with E-state index in [4.69, 9.17) is 11.2 Å². The Hall–Kier alpha value is -2.05. The molecule has 0 unspecified atom stereocenters. The molecule has 0 radical (unpaired) electrons. The van der Waals surface area contributed by atoms with Gasteiger partial charge in [0.1, 0.15) is 17.9 Å². The number of hydrogen-bond donors (Lipinski definition) is 1. The highest BCUT2D eigenvalue weighted by Crippen LogP contribution is 2.23. The van der Waals surface area contributed by atoms with Gasteiger partial charge in [-0.2, -0.15) is 0 Å². The molecule has 18 heavy (non-hydrogen) atoms. The van der Waals surface area contributed by atoms with Gasteiger partial charge < -0.3 is 10.1 Å². The smallest absolute Gasteiger partial charge is 0.145 e. The van der Waals surface area contributed by atoms with Gasteiger partial charge >= 0.3 is 0 Å². The topological polar surface area (TPSA) is 34.1 Å². The summed E-state index contributed by atoms with van der Waals surface area (Å²) >= 11 is 0. The van der Waals surface area contributed by atoms with Crippen molar-refractivity contribution < 1.29 is 4.74 Å². The Morgan fingerprint density at radius 1 is 1.33 bits per heavy atom. The number of rotatable bonds is 5. The Kier molecular flexibility index (Phi) is 4.16. The Morgan fingerprint density at radius 2 is 2.22 bits per heavy atom. The lowest BCUT2D eigenvalue weighted by Gasteiger charge is -2.09. The molecule has 0 aliphatic carbocycles. The van der Waals surface area contributed by atoms with E-state index in [2.05, 4.69) is 22.3 Å². The molecule has 0 spiro atoms. The van der Waals surface area contributed by atoms with Crippen molar-refractivity contribution in [2.45, 2.75) is 6.92 Å². The number of para-hydroxylation sites is 1. The summed E-state index contributed by atoms with van der Waals surface area (Å²) in [6.45, 7) is 3.85. The molecule has 0 atom stereocenters. The summed E-state index contributed by atoms with van der Waals surface area (Å²) in [6.07, 6.45) is 5.15. The summed E-state index contributed by atoms with van der Waals surface area (Å²) in [4.78, 5) is 4.51. The van der Waals surface area contributed by atoms with Crippen molar-refractivity contribution in [1.29, 1.82) is 0 Å². The average molecular weight is 240 g/mol. The van der Waals surface area contributed by atoms with Crippen molar-refractivity contribution >= 4 is 10.9 Å². The second-order valence-corrected chi connectivity index (χ2v) is 4.01. The highest BCUT2D eigenvalue weighted by molar-refractivity contribution is 5.84. The van der Waals surface area contributed by atoms with Crippen LogP contribution in [0.4, 0.5) is 0 Å². The number of benzene rings is 1. The van der Waals surface area contributed by atoms with Gasteiger partial charge in [0, 0.05) is 17.6 Å². The number of pyridine rings is 1. The average Bonchev–Trinajstić information content (AvgIpc) is 2.39. The highest BCUT2D eigenvalue weighted by Gasteiger charge is 2.03. The molecule has 92 valence electrons. The van der Waals surface area contributed by atoms with Gasteiger partial charge in [-0.25, -0.2) is 4.98 Å². The number of nitrogens with one attached hydrogen (secondary N) is 1. The largest absolute Gasteiger partial charge is 0.490 e. The van der Waals surface area contributed by atoms with Crippen LogP contribution in [0.15, 0.2) is 30.3 Å². The molecule has 3 nitrogen and oxygen atoms in total. The molecule has 1 N–H and O–H groups in total. The Balaban J connectivity index is 2.08. The van der Waals surface area contributed by atoms with E-state index in [9.17, 15) is 0 Å². The van der Waals surface area contributed by atoms with Crippen LogP contribution < -0.4 is 10.1 Å². The summed E-state index contributed by atoms with van der Waals surface area (Å²) < 4.78 is 5.73. The first-order valence-electron chi connectivity index (χ1n) is 5.94. The number of fused-ring (bicyclic) bond motifs is 1. The summed E-state index contributed by atoms with van der Waals surface area (Å²) in [5.74, 6) is 3.34. The molecule has 0 fully saturated rings. The van der Waals surface area contributed by atoms with Gasteiger partial charge in [-0.05, 0) is 19.1 Å². The van der Waals surface area contributed by atoms with Crippen molar-refractivity contribution in [1.82, 2.24) is 10.3 Å². The van der Waals surface area contributed by atoms with Crippen molar-refractivity contribution in [2.24, 2.45) is 0 Å². The van der Waals surface area contributed by atoms with Gasteiger partial charge in [0.2, 0.25) is 0 Å². The molecule has 2 rings (SSSR count). The molecule has 1 heterocycles. The van der Waals surface area contributed by atoms with Crippen LogP contribution in [0.3, 0.4) is 0 Å². The molecule has 0 aliphatic heterocycles. The number of aryl methyl sites for hydroxylation is 1. The van der Waals surface area contributed by atoms with Gasteiger partial charge in [0.05, 0.1) is 6.54 Å². The van der Waals surface area contributed by atoms with E-state index < -0.39 is 0 Å². The summed E-state index contributed by atoms with van der Waals surface area (Å²) in [5.41, 5.74) is 1.90. The SMILES string of the molecule is C#CCNCCOc1cccc2ccc(C)nc12. The highest BCUT2D eigenvalue weighted by atomic mass is 16.5. The Labute approximate surface area is 107 Å². The predicted molar refractivity (Wildman–Crippen MR) is 73.7 cm³/mol. The number of ether oxygens (including phenoxy) is 1. The van der Waals surface area contributed by atoms with Crippen LogP contribution in [-0.4, -0.2) is 24.7 Å². The zero-order chi connectivity index (χ0) is 12.8. The second-order valence-electron chi connectivity index (χ2n) is 4.01. The van der Waals surface area contributed by atoms with Gasteiger partial charge in [-0.15, -0.1) is 6.42 Å². The van der Waals surface area contributed by atoms with Gasteiger partial charge in [-0.3, -0.25) is 0 Å². The van der Waals surface area contributed by atoms with Crippen molar-refractivity contribution in [3.8, 4) is 18.1 Å². The maximum Gasteiger partial charge on any atom is 0.145 e. The van der Waals surface area contributed by atoms with Crippen LogP contribution in [0, 0.1) is 19.3 Å². The summed E-state index contributed by atoms with van der Waals surface area (Å²) in [6, 6.07) is 10.0. The molecule has 0 aliphatic rings. The second kappa shape index (κ2) is 6.04. The zero-order valence-corrected chi connectivity index (χ0v) is 10.4. The molecule has 0 saturated carbocycles. The van der Waals surface area contributed by atoms with Crippen LogP contribution in [0.2, 0.25) is 0 Å². The van der Waals surface area contributed by atoms with Crippen LogP contribution in [-0.2, 0) is 0 Å². The van der Waals surface area contributed by atoms with Crippen LogP contribution in [0.25, 0.3) is 10.9 Å². The van der Waals surface area contributed by atoms with E-state index in [0.717, 1.165) is 28.9 Å². The lowest BCUT2D eigenvalue weighted by atomic mass is 10.2. The van der Waals surface area contributed by atoms with E-state index in [0.29, 0.717) is 13.2 Å². The van der Waals surface area contributed by atoms with Gasteiger partial charge in [0.15, 0.2) is 0 Å². The molecular formula is C15H16N2O. The number of terminal acetylenes is 1. The number of nitrogens with zero attached hydrogens (tertiary/aromatic N) is 1. The van der Waals surface area contributed by atoms with Gasteiger partial charge in [-0.1, -0.05) is 24.1 Å². The quantitative estimate of drug-likeness (QED) is 0.642. The minimum absolute atomic E-state index is 0.566. The maximum atomic E-state index is 5.73. The van der Waals surface area contributed by atoms with E-state index in [1.54, 1.807) is 0 Å². The van der Waals surface area contributed by atoms with Crippen molar-refractivity contribution in [2.75, 3.05) is 19.7 Å². The molecule has 1 aromatic carbocycles. The fourth-order valence-electron chi connectivity index (χ4n) is 1.73. The van der Waals surface area contributed by atoms with Crippen molar-refractivity contribution in [3.63, 3.8) is 0 Å². The Bertz CT molecular complexity index is 572. The third-order valence-corrected chi connectivity index (χ3v) is 2.59. The minimum atomic E-state index is 0.566.